The van der Waals surface area contributed by atoms with Gasteiger partial charge in [0.05, 0.1) is 17.9 Å². The molecular formula is C20H18FN5O2S. The average molecular weight is 411 g/mol. The van der Waals surface area contributed by atoms with E-state index in [4.69, 9.17) is 9.26 Å². The van der Waals surface area contributed by atoms with Crippen molar-refractivity contribution in [2.75, 3.05) is 6.61 Å². The van der Waals surface area contributed by atoms with E-state index in [0.717, 1.165) is 11.3 Å². The van der Waals surface area contributed by atoms with Gasteiger partial charge in [-0.3, -0.25) is 4.57 Å². The molecule has 2 aromatic carbocycles. The fraction of sp³-hybridized carbons (Fsp3) is 0.200. The molecule has 2 aromatic heterocycles. The van der Waals surface area contributed by atoms with Crippen molar-refractivity contribution in [3.63, 3.8) is 0 Å². The van der Waals surface area contributed by atoms with Crippen LogP contribution in [-0.2, 0) is 5.75 Å². The van der Waals surface area contributed by atoms with E-state index in [-0.39, 0.29) is 5.82 Å². The minimum Gasteiger partial charge on any atom is -0.493 e. The first kappa shape index (κ1) is 19.1. The summed E-state index contributed by atoms with van der Waals surface area (Å²) in [7, 11) is 0. The van der Waals surface area contributed by atoms with Crippen LogP contribution < -0.4 is 4.74 Å². The summed E-state index contributed by atoms with van der Waals surface area (Å²) in [6.07, 6.45) is 0. The van der Waals surface area contributed by atoms with Gasteiger partial charge in [0.1, 0.15) is 17.4 Å². The van der Waals surface area contributed by atoms with Gasteiger partial charge in [-0.1, -0.05) is 29.1 Å². The van der Waals surface area contributed by atoms with Crippen LogP contribution in [0.2, 0.25) is 0 Å². The van der Waals surface area contributed by atoms with Gasteiger partial charge in [0.15, 0.2) is 5.16 Å². The van der Waals surface area contributed by atoms with Crippen molar-refractivity contribution in [2.45, 2.75) is 24.8 Å². The van der Waals surface area contributed by atoms with Crippen LogP contribution in [-0.4, -0.2) is 31.5 Å². The lowest BCUT2D eigenvalue weighted by Gasteiger charge is -2.07. The normalized spacial score (nSPS) is 11.0. The van der Waals surface area contributed by atoms with Crippen molar-refractivity contribution in [1.29, 1.82) is 0 Å². The summed E-state index contributed by atoms with van der Waals surface area (Å²) < 4.78 is 26.1. The van der Waals surface area contributed by atoms with Gasteiger partial charge in [-0.25, -0.2) is 4.39 Å². The predicted molar refractivity (Wildman–Crippen MR) is 107 cm³/mol. The van der Waals surface area contributed by atoms with Crippen molar-refractivity contribution < 1.29 is 13.7 Å². The Morgan fingerprint density at radius 3 is 2.69 bits per heavy atom. The number of nitrogens with zero attached hydrogens (tertiary/aromatic N) is 5. The Labute approximate surface area is 170 Å². The van der Waals surface area contributed by atoms with Crippen molar-refractivity contribution in [3.05, 3.63) is 66.1 Å². The highest BCUT2D eigenvalue weighted by Crippen LogP contribution is 2.29. The molecular weight excluding hydrogens is 393 g/mol. The van der Waals surface area contributed by atoms with E-state index in [2.05, 4.69) is 20.3 Å². The zero-order valence-electron chi connectivity index (χ0n) is 15.9. The van der Waals surface area contributed by atoms with Crippen LogP contribution in [0.1, 0.15) is 18.6 Å². The number of halogens is 1. The molecule has 0 fully saturated rings. The van der Waals surface area contributed by atoms with Gasteiger partial charge in [0, 0.05) is 5.69 Å². The molecule has 0 saturated heterocycles. The molecule has 0 N–H and O–H groups in total. The number of thioether (sulfide) groups is 1. The van der Waals surface area contributed by atoms with Gasteiger partial charge in [0.25, 0.3) is 0 Å². The van der Waals surface area contributed by atoms with E-state index in [1.165, 1.54) is 23.9 Å². The van der Waals surface area contributed by atoms with Crippen molar-refractivity contribution in [3.8, 4) is 22.8 Å². The largest absolute Gasteiger partial charge is 0.493 e. The first-order chi connectivity index (χ1) is 14.2. The second-order valence-electron chi connectivity index (χ2n) is 6.07. The lowest BCUT2D eigenvalue weighted by molar-refractivity contribution is 0.341. The summed E-state index contributed by atoms with van der Waals surface area (Å²) in [5, 5.41) is 13.1. The van der Waals surface area contributed by atoms with Gasteiger partial charge in [-0.05, 0) is 50.2 Å². The fourth-order valence-corrected chi connectivity index (χ4v) is 3.64. The van der Waals surface area contributed by atoms with Gasteiger partial charge in [0.2, 0.25) is 11.7 Å². The van der Waals surface area contributed by atoms with E-state index in [1.807, 2.05) is 42.7 Å². The average Bonchev–Trinajstić information content (AvgIpc) is 3.34. The van der Waals surface area contributed by atoms with Gasteiger partial charge < -0.3 is 9.26 Å². The number of benzene rings is 2. The number of aromatic nitrogens is 5. The number of para-hydroxylation sites is 1. The molecule has 0 aliphatic heterocycles. The molecule has 4 rings (SSSR count). The summed E-state index contributed by atoms with van der Waals surface area (Å²) >= 11 is 1.41. The first-order valence-corrected chi connectivity index (χ1v) is 10.00. The Morgan fingerprint density at radius 2 is 1.90 bits per heavy atom. The van der Waals surface area contributed by atoms with Crippen LogP contribution in [0.4, 0.5) is 4.39 Å². The molecule has 0 spiro atoms. The van der Waals surface area contributed by atoms with Gasteiger partial charge in [-0.2, -0.15) is 4.98 Å². The molecule has 9 heteroatoms. The molecule has 0 unspecified atom stereocenters. The predicted octanol–water partition coefficient (Wildman–Crippen LogP) is 4.46. The highest BCUT2D eigenvalue weighted by Gasteiger charge is 2.16. The van der Waals surface area contributed by atoms with Crippen molar-refractivity contribution >= 4 is 11.8 Å². The first-order valence-electron chi connectivity index (χ1n) is 9.01. The minimum absolute atomic E-state index is 0.292. The molecule has 4 aromatic rings. The highest BCUT2D eigenvalue weighted by molar-refractivity contribution is 7.98. The lowest BCUT2D eigenvalue weighted by Crippen LogP contribution is -1.99. The maximum atomic E-state index is 13.2. The zero-order valence-corrected chi connectivity index (χ0v) is 16.7. The Hall–Kier alpha value is -3.20. The van der Waals surface area contributed by atoms with Crippen LogP contribution in [0, 0.1) is 12.7 Å². The molecule has 0 amide bonds. The number of rotatable bonds is 7. The van der Waals surface area contributed by atoms with Gasteiger partial charge in [-0.15, -0.1) is 10.2 Å². The highest BCUT2D eigenvalue weighted by atomic mass is 32.2. The van der Waals surface area contributed by atoms with Crippen LogP contribution in [0.3, 0.4) is 0 Å². The Balaban J connectivity index is 1.52. The molecule has 0 radical (unpaired) electrons. The summed E-state index contributed by atoms with van der Waals surface area (Å²) in [5.74, 6) is 2.48. The number of aryl methyl sites for hydroxylation is 1. The standard InChI is InChI=1S/C20H18FN5O2S/c1-3-27-17-7-5-4-6-16(17)19-22-18(28-25-19)12-29-20-24-23-13(2)26(20)15-10-8-14(21)9-11-15/h4-11H,3,12H2,1-2H3. The Bertz CT molecular complexity index is 1110. The molecule has 0 atom stereocenters. The number of hydrogen-bond donors (Lipinski definition) is 0. The van der Waals surface area contributed by atoms with E-state index in [9.17, 15) is 4.39 Å². The topological polar surface area (TPSA) is 78.9 Å². The zero-order chi connectivity index (χ0) is 20.2. The molecule has 7 nitrogen and oxygen atoms in total. The Morgan fingerprint density at radius 1 is 1.10 bits per heavy atom. The summed E-state index contributed by atoms with van der Waals surface area (Å²) in [4.78, 5) is 4.47. The summed E-state index contributed by atoms with van der Waals surface area (Å²) in [5.41, 5.74) is 1.56. The molecule has 0 bridgehead atoms. The smallest absolute Gasteiger partial charge is 0.237 e. The van der Waals surface area contributed by atoms with Crippen molar-refractivity contribution in [1.82, 2.24) is 24.9 Å². The van der Waals surface area contributed by atoms with E-state index in [0.29, 0.717) is 40.8 Å². The minimum atomic E-state index is -0.292. The van der Waals surface area contributed by atoms with Crippen molar-refractivity contribution in [2.24, 2.45) is 0 Å². The molecule has 2 heterocycles. The van der Waals surface area contributed by atoms with Crippen LogP contribution in [0.25, 0.3) is 17.1 Å². The second-order valence-corrected chi connectivity index (χ2v) is 7.01. The molecule has 0 aliphatic rings. The maximum absolute atomic E-state index is 13.2. The van der Waals surface area contributed by atoms with E-state index >= 15 is 0 Å². The summed E-state index contributed by atoms with van der Waals surface area (Å²) in [6.45, 7) is 4.32. The maximum Gasteiger partial charge on any atom is 0.237 e. The molecule has 0 aliphatic carbocycles. The molecule has 0 saturated carbocycles. The van der Waals surface area contributed by atoms with Crippen LogP contribution in [0.5, 0.6) is 5.75 Å². The summed E-state index contributed by atoms with van der Waals surface area (Å²) in [6, 6.07) is 13.7. The SMILES string of the molecule is CCOc1ccccc1-c1noc(CSc2nnc(C)n2-c2ccc(F)cc2)n1. The number of hydrogen-bond acceptors (Lipinski definition) is 7. The second kappa shape index (κ2) is 8.44. The fourth-order valence-electron chi connectivity index (χ4n) is 2.81. The third-order valence-electron chi connectivity index (χ3n) is 4.10. The molecule has 148 valence electrons. The molecule has 29 heavy (non-hydrogen) atoms. The monoisotopic (exact) mass is 411 g/mol. The van der Waals surface area contributed by atoms with E-state index in [1.54, 1.807) is 12.1 Å². The Kier molecular flexibility index (Phi) is 5.57. The van der Waals surface area contributed by atoms with Crippen LogP contribution >= 0.6 is 11.8 Å². The lowest BCUT2D eigenvalue weighted by atomic mass is 10.2. The third kappa shape index (κ3) is 4.14. The van der Waals surface area contributed by atoms with E-state index < -0.39 is 0 Å². The number of ether oxygens (including phenoxy) is 1. The van der Waals surface area contributed by atoms with Crippen LogP contribution in [0.15, 0.2) is 58.2 Å². The quantitative estimate of drug-likeness (QED) is 0.416. The third-order valence-corrected chi connectivity index (χ3v) is 5.01. The van der Waals surface area contributed by atoms with Gasteiger partial charge >= 0.3 is 0 Å².